The van der Waals surface area contributed by atoms with E-state index < -0.39 is 5.97 Å². The highest BCUT2D eigenvalue weighted by atomic mass is 16.6. The van der Waals surface area contributed by atoms with Crippen molar-refractivity contribution in [3.63, 3.8) is 0 Å². The number of rotatable bonds is 4. The molecule has 1 aromatic heterocycles. The molecule has 0 saturated carbocycles. The van der Waals surface area contributed by atoms with Gasteiger partial charge in [-0.05, 0) is 18.6 Å². The van der Waals surface area contributed by atoms with E-state index in [-0.39, 0.29) is 5.76 Å². The zero-order valence-corrected chi connectivity index (χ0v) is 10.00. The lowest BCUT2D eigenvalue weighted by molar-refractivity contribution is 0.0479. The van der Waals surface area contributed by atoms with Crippen LogP contribution < -0.4 is 0 Å². The van der Waals surface area contributed by atoms with E-state index >= 15 is 0 Å². The summed E-state index contributed by atoms with van der Waals surface area (Å²) in [6.07, 6.45) is 3.67. The Bertz CT molecular complexity index is 543. The van der Waals surface area contributed by atoms with Gasteiger partial charge in [0.15, 0.2) is 0 Å². The Morgan fingerprint density at radius 2 is 2.11 bits per heavy atom. The number of carbonyl (C=O) groups is 1. The lowest BCUT2D eigenvalue weighted by Crippen LogP contribution is -2.02. The summed E-state index contributed by atoms with van der Waals surface area (Å²) in [5.41, 5.74) is 1.64. The molecular weight excluding hydrogens is 230 g/mol. The summed E-state index contributed by atoms with van der Waals surface area (Å²) < 4.78 is 9.70. The molecule has 18 heavy (non-hydrogen) atoms. The molecule has 92 valence electrons. The summed E-state index contributed by atoms with van der Waals surface area (Å²) >= 11 is 0. The lowest BCUT2D eigenvalue weighted by Gasteiger charge is -1.94. The average Bonchev–Trinajstić information content (AvgIpc) is 2.87. The molecule has 0 aliphatic carbocycles. The highest BCUT2D eigenvalue weighted by Gasteiger charge is 2.12. The summed E-state index contributed by atoms with van der Waals surface area (Å²) in [7, 11) is 0. The molecule has 2 aromatic rings. The summed E-state index contributed by atoms with van der Waals surface area (Å²) in [5, 5.41) is 3.77. The van der Waals surface area contributed by atoms with Gasteiger partial charge in [0.25, 0.3) is 0 Å². The van der Waals surface area contributed by atoms with Crippen molar-refractivity contribution in [2.75, 3.05) is 6.61 Å². The Labute approximate surface area is 105 Å². The predicted octanol–water partition coefficient (Wildman–Crippen LogP) is 3.02. The van der Waals surface area contributed by atoms with Crippen LogP contribution in [0.1, 0.15) is 28.7 Å². The molecule has 2 rings (SSSR count). The topological polar surface area (TPSA) is 52.3 Å². The minimum atomic E-state index is -0.496. The minimum Gasteiger partial charge on any atom is -0.460 e. The van der Waals surface area contributed by atoms with Crippen LogP contribution in [0, 0.1) is 0 Å². The number of hydrogen-bond acceptors (Lipinski definition) is 4. The van der Waals surface area contributed by atoms with Gasteiger partial charge in [0.2, 0.25) is 5.76 Å². The standard InChI is InChI=1S/C14H13NO3/c1-2-17-14(16)13-10-12(15-18-13)9-8-11-6-4-3-5-7-11/h3-10H,2H2,1H3. The molecule has 0 radical (unpaired) electrons. The first-order valence-electron chi connectivity index (χ1n) is 5.66. The summed E-state index contributed by atoms with van der Waals surface area (Å²) in [6, 6.07) is 11.4. The molecule has 0 bridgehead atoms. The van der Waals surface area contributed by atoms with Crippen molar-refractivity contribution in [2.45, 2.75) is 6.92 Å². The van der Waals surface area contributed by atoms with Gasteiger partial charge in [0.1, 0.15) is 5.69 Å². The van der Waals surface area contributed by atoms with E-state index in [0.29, 0.717) is 12.3 Å². The molecule has 0 N–H and O–H groups in total. The number of aromatic nitrogens is 1. The Morgan fingerprint density at radius 1 is 1.33 bits per heavy atom. The van der Waals surface area contributed by atoms with Gasteiger partial charge in [-0.3, -0.25) is 0 Å². The van der Waals surface area contributed by atoms with Crippen LogP contribution in [0.4, 0.5) is 0 Å². The van der Waals surface area contributed by atoms with E-state index in [1.54, 1.807) is 19.1 Å². The molecule has 1 aromatic carbocycles. The van der Waals surface area contributed by atoms with Gasteiger partial charge in [-0.15, -0.1) is 0 Å². The highest BCUT2D eigenvalue weighted by molar-refractivity contribution is 5.87. The summed E-state index contributed by atoms with van der Waals surface area (Å²) in [6.45, 7) is 2.05. The fourth-order valence-corrected chi connectivity index (χ4v) is 1.41. The Kier molecular flexibility index (Phi) is 3.91. The Balaban J connectivity index is 2.07. The van der Waals surface area contributed by atoms with Crippen LogP contribution in [0.25, 0.3) is 12.2 Å². The monoisotopic (exact) mass is 243 g/mol. The molecule has 0 fully saturated rings. The van der Waals surface area contributed by atoms with E-state index in [4.69, 9.17) is 9.26 Å². The van der Waals surface area contributed by atoms with Gasteiger partial charge in [-0.25, -0.2) is 4.79 Å². The SMILES string of the molecule is CCOC(=O)c1cc(C=Cc2ccccc2)no1. The van der Waals surface area contributed by atoms with Crippen LogP contribution in [0.15, 0.2) is 40.9 Å². The van der Waals surface area contributed by atoms with Crippen molar-refractivity contribution < 1.29 is 14.1 Å². The quantitative estimate of drug-likeness (QED) is 0.774. The molecule has 0 amide bonds. The van der Waals surface area contributed by atoms with E-state index in [1.165, 1.54) is 0 Å². The van der Waals surface area contributed by atoms with Crippen LogP contribution in [0.5, 0.6) is 0 Å². The third-order valence-electron chi connectivity index (χ3n) is 2.25. The second-order valence-corrected chi connectivity index (χ2v) is 3.58. The maximum absolute atomic E-state index is 11.4. The first kappa shape index (κ1) is 12.1. The fraction of sp³-hybridized carbons (Fsp3) is 0.143. The summed E-state index contributed by atoms with van der Waals surface area (Å²) in [4.78, 5) is 11.4. The third kappa shape index (κ3) is 3.07. The Morgan fingerprint density at radius 3 is 2.83 bits per heavy atom. The van der Waals surface area contributed by atoms with Crippen LogP contribution in [-0.2, 0) is 4.74 Å². The first-order chi connectivity index (χ1) is 8.79. The van der Waals surface area contributed by atoms with E-state index in [2.05, 4.69) is 5.16 Å². The Hall–Kier alpha value is -2.36. The van der Waals surface area contributed by atoms with Crippen molar-refractivity contribution in [3.8, 4) is 0 Å². The molecule has 1 heterocycles. The molecule has 4 nitrogen and oxygen atoms in total. The molecule has 0 spiro atoms. The average molecular weight is 243 g/mol. The molecule has 0 aliphatic heterocycles. The molecule has 4 heteroatoms. The van der Waals surface area contributed by atoms with Gasteiger partial charge < -0.3 is 9.26 Å². The number of esters is 1. The van der Waals surface area contributed by atoms with Gasteiger partial charge in [-0.2, -0.15) is 0 Å². The number of hydrogen-bond donors (Lipinski definition) is 0. The zero-order chi connectivity index (χ0) is 12.8. The van der Waals surface area contributed by atoms with Crippen molar-refractivity contribution >= 4 is 18.1 Å². The van der Waals surface area contributed by atoms with Crippen LogP contribution in [0.2, 0.25) is 0 Å². The van der Waals surface area contributed by atoms with Gasteiger partial charge >= 0.3 is 5.97 Å². The van der Waals surface area contributed by atoms with Crippen molar-refractivity contribution in [3.05, 3.63) is 53.4 Å². The van der Waals surface area contributed by atoms with Crippen LogP contribution >= 0.6 is 0 Å². The molecule has 0 unspecified atom stereocenters. The molecular formula is C14H13NO3. The van der Waals surface area contributed by atoms with Crippen molar-refractivity contribution in [2.24, 2.45) is 0 Å². The normalized spacial score (nSPS) is 10.7. The van der Waals surface area contributed by atoms with Gasteiger partial charge in [0.05, 0.1) is 6.61 Å². The van der Waals surface area contributed by atoms with E-state index in [1.807, 2.05) is 36.4 Å². The first-order valence-corrected chi connectivity index (χ1v) is 5.66. The summed E-state index contributed by atoms with van der Waals surface area (Å²) in [5.74, 6) is -0.381. The fourth-order valence-electron chi connectivity index (χ4n) is 1.41. The minimum absolute atomic E-state index is 0.115. The number of nitrogens with zero attached hydrogens (tertiary/aromatic N) is 1. The maximum atomic E-state index is 11.4. The largest absolute Gasteiger partial charge is 0.460 e. The molecule has 0 saturated heterocycles. The van der Waals surface area contributed by atoms with E-state index in [9.17, 15) is 4.79 Å². The number of ether oxygens (including phenoxy) is 1. The van der Waals surface area contributed by atoms with Crippen molar-refractivity contribution in [1.82, 2.24) is 5.16 Å². The van der Waals surface area contributed by atoms with E-state index in [0.717, 1.165) is 5.56 Å². The molecule has 0 atom stereocenters. The smallest absolute Gasteiger partial charge is 0.377 e. The van der Waals surface area contributed by atoms with Gasteiger partial charge in [-0.1, -0.05) is 41.6 Å². The second kappa shape index (κ2) is 5.82. The third-order valence-corrected chi connectivity index (χ3v) is 2.25. The van der Waals surface area contributed by atoms with Crippen LogP contribution in [0.3, 0.4) is 0 Å². The van der Waals surface area contributed by atoms with Gasteiger partial charge in [0, 0.05) is 6.07 Å². The number of carbonyl (C=O) groups excluding carboxylic acids is 1. The maximum Gasteiger partial charge on any atom is 0.377 e. The van der Waals surface area contributed by atoms with Crippen molar-refractivity contribution in [1.29, 1.82) is 0 Å². The zero-order valence-electron chi connectivity index (χ0n) is 10.00. The predicted molar refractivity (Wildman–Crippen MR) is 67.8 cm³/mol. The molecule has 0 aliphatic rings. The highest BCUT2D eigenvalue weighted by Crippen LogP contribution is 2.10. The second-order valence-electron chi connectivity index (χ2n) is 3.58. The van der Waals surface area contributed by atoms with Crippen LogP contribution in [-0.4, -0.2) is 17.7 Å². The number of benzene rings is 1. The lowest BCUT2D eigenvalue weighted by atomic mass is 10.2.